The van der Waals surface area contributed by atoms with Gasteiger partial charge in [0.25, 0.3) is 5.91 Å². The smallest absolute Gasteiger partial charge is 0.251 e. The monoisotopic (exact) mass is 223 g/mol. The van der Waals surface area contributed by atoms with Crippen LogP contribution >= 0.6 is 0 Å². The molecule has 1 amide bonds. The highest BCUT2D eigenvalue weighted by molar-refractivity contribution is 5.94. The normalized spacial score (nSPS) is 12.1. The van der Waals surface area contributed by atoms with Crippen LogP contribution in [0.4, 0.5) is 0 Å². The lowest BCUT2D eigenvalue weighted by atomic mass is 10.2. The lowest BCUT2D eigenvalue weighted by Gasteiger charge is -2.13. The maximum Gasteiger partial charge on any atom is 0.251 e. The SMILES string of the molecule is COCCC(C)NC(=O)c1ccc(O)cc1. The van der Waals surface area contributed by atoms with Gasteiger partial charge in [-0.3, -0.25) is 4.79 Å². The predicted molar refractivity (Wildman–Crippen MR) is 61.5 cm³/mol. The molecule has 16 heavy (non-hydrogen) atoms. The van der Waals surface area contributed by atoms with Crippen LogP contribution in [0.3, 0.4) is 0 Å². The van der Waals surface area contributed by atoms with Gasteiger partial charge in [0.1, 0.15) is 5.75 Å². The van der Waals surface area contributed by atoms with Crippen molar-refractivity contribution in [3.05, 3.63) is 29.8 Å². The van der Waals surface area contributed by atoms with E-state index in [9.17, 15) is 4.79 Å². The summed E-state index contributed by atoms with van der Waals surface area (Å²) >= 11 is 0. The molecule has 0 heterocycles. The van der Waals surface area contributed by atoms with Crippen LogP contribution in [-0.4, -0.2) is 30.8 Å². The molecule has 4 heteroatoms. The molecule has 4 nitrogen and oxygen atoms in total. The number of phenols is 1. The van der Waals surface area contributed by atoms with E-state index in [1.54, 1.807) is 19.2 Å². The summed E-state index contributed by atoms with van der Waals surface area (Å²) in [6, 6.07) is 6.24. The van der Waals surface area contributed by atoms with Crippen molar-refractivity contribution in [2.45, 2.75) is 19.4 Å². The molecule has 0 fully saturated rings. The molecule has 0 aliphatic carbocycles. The summed E-state index contributed by atoms with van der Waals surface area (Å²) in [4.78, 5) is 11.7. The number of ether oxygens (including phenoxy) is 1. The van der Waals surface area contributed by atoms with Gasteiger partial charge in [-0.15, -0.1) is 0 Å². The molecule has 1 aromatic carbocycles. The first-order valence-electron chi connectivity index (χ1n) is 5.22. The van der Waals surface area contributed by atoms with Crippen LogP contribution in [0.15, 0.2) is 24.3 Å². The molecule has 1 aromatic rings. The number of hydrogen-bond donors (Lipinski definition) is 2. The average Bonchev–Trinajstić information content (AvgIpc) is 2.27. The molecule has 0 radical (unpaired) electrons. The van der Waals surface area contributed by atoms with Gasteiger partial charge < -0.3 is 15.2 Å². The maximum atomic E-state index is 11.7. The quantitative estimate of drug-likeness (QED) is 0.796. The van der Waals surface area contributed by atoms with Crippen LogP contribution in [0.25, 0.3) is 0 Å². The summed E-state index contributed by atoms with van der Waals surface area (Å²) in [6.07, 6.45) is 0.778. The van der Waals surface area contributed by atoms with Gasteiger partial charge in [0, 0.05) is 25.3 Å². The molecule has 0 aliphatic rings. The van der Waals surface area contributed by atoms with Gasteiger partial charge in [0.15, 0.2) is 0 Å². The fourth-order valence-electron chi connectivity index (χ4n) is 1.29. The van der Waals surface area contributed by atoms with E-state index in [0.29, 0.717) is 12.2 Å². The van der Waals surface area contributed by atoms with Crippen LogP contribution in [0.2, 0.25) is 0 Å². The van der Waals surface area contributed by atoms with E-state index in [2.05, 4.69) is 5.32 Å². The van der Waals surface area contributed by atoms with Crippen molar-refractivity contribution in [3.63, 3.8) is 0 Å². The maximum absolute atomic E-state index is 11.7. The summed E-state index contributed by atoms with van der Waals surface area (Å²) < 4.78 is 4.93. The Morgan fingerprint density at radius 1 is 1.44 bits per heavy atom. The Kier molecular flexibility index (Phi) is 4.79. The predicted octanol–water partition coefficient (Wildman–Crippen LogP) is 1.55. The van der Waals surface area contributed by atoms with Gasteiger partial charge >= 0.3 is 0 Å². The number of methoxy groups -OCH3 is 1. The standard InChI is InChI=1S/C12H17NO3/c1-9(7-8-16-2)13-12(15)10-3-5-11(14)6-4-10/h3-6,9,14H,7-8H2,1-2H3,(H,13,15). The fraction of sp³-hybridized carbons (Fsp3) is 0.417. The Labute approximate surface area is 95.2 Å². The van der Waals surface area contributed by atoms with Gasteiger partial charge in [-0.1, -0.05) is 0 Å². The molecular weight excluding hydrogens is 206 g/mol. The topological polar surface area (TPSA) is 58.6 Å². The minimum atomic E-state index is -0.136. The van der Waals surface area contributed by atoms with Gasteiger partial charge in [-0.25, -0.2) is 0 Å². The number of benzene rings is 1. The molecule has 0 saturated carbocycles. The number of carbonyl (C=O) groups excluding carboxylic acids is 1. The molecule has 0 saturated heterocycles. The molecule has 1 unspecified atom stereocenters. The summed E-state index contributed by atoms with van der Waals surface area (Å²) in [5.41, 5.74) is 0.544. The number of amides is 1. The summed E-state index contributed by atoms with van der Waals surface area (Å²) in [7, 11) is 1.63. The highest BCUT2D eigenvalue weighted by Gasteiger charge is 2.09. The van der Waals surface area contributed by atoms with E-state index in [-0.39, 0.29) is 17.7 Å². The van der Waals surface area contributed by atoms with E-state index in [1.807, 2.05) is 6.92 Å². The third-order valence-corrected chi connectivity index (χ3v) is 2.26. The third kappa shape index (κ3) is 3.90. The van der Waals surface area contributed by atoms with E-state index >= 15 is 0 Å². The van der Waals surface area contributed by atoms with E-state index in [0.717, 1.165) is 6.42 Å². The Morgan fingerprint density at radius 2 is 2.06 bits per heavy atom. The molecule has 0 aliphatic heterocycles. The van der Waals surface area contributed by atoms with E-state index in [1.165, 1.54) is 12.1 Å². The Morgan fingerprint density at radius 3 is 2.62 bits per heavy atom. The zero-order valence-electron chi connectivity index (χ0n) is 9.56. The number of rotatable bonds is 5. The van der Waals surface area contributed by atoms with Gasteiger partial charge in [0.2, 0.25) is 0 Å². The number of carbonyl (C=O) groups is 1. The van der Waals surface area contributed by atoms with Crippen LogP contribution < -0.4 is 5.32 Å². The molecule has 0 bridgehead atoms. The average molecular weight is 223 g/mol. The lowest BCUT2D eigenvalue weighted by molar-refractivity contribution is 0.0929. The zero-order valence-corrected chi connectivity index (χ0v) is 9.56. The van der Waals surface area contributed by atoms with Crippen molar-refractivity contribution in [3.8, 4) is 5.75 Å². The summed E-state index contributed by atoms with van der Waals surface area (Å²) in [6.45, 7) is 2.55. The summed E-state index contributed by atoms with van der Waals surface area (Å²) in [5.74, 6) is 0.0209. The molecular formula is C12H17NO3. The second kappa shape index (κ2) is 6.12. The zero-order chi connectivity index (χ0) is 12.0. The number of nitrogens with one attached hydrogen (secondary N) is 1. The second-order valence-electron chi connectivity index (χ2n) is 3.70. The molecule has 2 N–H and O–H groups in total. The molecule has 0 spiro atoms. The first kappa shape index (κ1) is 12.5. The Bertz CT molecular complexity index is 335. The van der Waals surface area contributed by atoms with Crippen molar-refractivity contribution < 1.29 is 14.6 Å². The van der Waals surface area contributed by atoms with E-state index < -0.39 is 0 Å². The molecule has 1 rings (SSSR count). The van der Waals surface area contributed by atoms with Crippen molar-refractivity contribution >= 4 is 5.91 Å². The Hall–Kier alpha value is -1.55. The van der Waals surface area contributed by atoms with Gasteiger partial charge in [-0.2, -0.15) is 0 Å². The molecule has 0 aromatic heterocycles. The minimum absolute atomic E-state index is 0.0706. The van der Waals surface area contributed by atoms with E-state index in [4.69, 9.17) is 9.84 Å². The first-order chi connectivity index (χ1) is 7.63. The highest BCUT2D eigenvalue weighted by atomic mass is 16.5. The van der Waals surface area contributed by atoms with Crippen LogP contribution in [0.5, 0.6) is 5.75 Å². The van der Waals surface area contributed by atoms with Crippen molar-refractivity contribution in [1.82, 2.24) is 5.32 Å². The lowest BCUT2D eigenvalue weighted by Crippen LogP contribution is -2.33. The largest absolute Gasteiger partial charge is 0.508 e. The van der Waals surface area contributed by atoms with Crippen LogP contribution in [0.1, 0.15) is 23.7 Å². The molecule has 1 atom stereocenters. The summed E-state index contributed by atoms with van der Waals surface area (Å²) in [5, 5.41) is 11.9. The van der Waals surface area contributed by atoms with Crippen LogP contribution in [0, 0.1) is 0 Å². The molecule has 88 valence electrons. The van der Waals surface area contributed by atoms with Gasteiger partial charge in [-0.05, 0) is 37.6 Å². The first-order valence-corrected chi connectivity index (χ1v) is 5.22. The second-order valence-corrected chi connectivity index (χ2v) is 3.70. The van der Waals surface area contributed by atoms with Crippen molar-refractivity contribution in [2.24, 2.45) is 0 Å². The van der Waals surface area contributed by atoms with Crippen molar-refractivity contribution in [2.75, 3.05) is 13.7 Å². The third-order valence-electron chi connectivity index (χ3n) is 2.26. The number of phenolic OH excluding ortho intramolecular Hbond substituents is 1. The van der Waals surface area contributed by atoms with Gasteiger partial charge in [0.05, 0.1) is 0 Å². The minimum Gasteiger partial charge on any atom is -0.508 e. The number of aromatic hydroxyl groups is 1. The van der Waals surface area contributed by atoms with Crippen LogP contribution in [-0.2, 0) is 4.74 Å². The fourth-order valence-corrected chi connectivity index (χ4v) is 1.29. The Balaban J connectivity index is 2.48. The number of hydrogen-bond acceptors (Lipinski definition) is 3. The highest BCUT2D eigenvalue weighted by Crippen LogP contribution is 2.09. The van der Waals surface area contributed by atoms with Crippen molar-refractivity contribution in [1.29, 1.82) is 0 Å².